The molecule has 40 heavy (non-hydrogen) atoms. The zero-order valence-corrected chi connectivity index (χ0v) is 22.5. The monoisotopic (exact) mass is 571 g/mol. The maximum atomic E-state index is 13.2. The van der Waals surface area contributed by atoms with E-state index >= 15 is 0 Å². The first kappa shape index (κ1) is 30.3. The first-order valence-electron chi connectivity index (χ1n) is 12.3. The van der Waals surface area contributed by atoms with Crippen LogP contribution in [-0.4, -0.2) is 50.7 Å². The second-order valence-electron chi connectivity index (χ2n) is 9.03. The van der Waals surface area contributed by atoms with Crippen molar-refractivity contribution in [2.24, 2.45) is 0 Å². The van der Waals surface area contributed by atoms with Gasteiger partial charge in [0.05, 0.1) is 0 Å². The zero-order chi connectivity index (χ0) is 29.3. The molecule has 0 aliphatic rings. The van der Waals surface area contributed by atoms with Gasteiger partial charge in [-0.2, -0.15) is 0 Å². The normalized spacial score (nSPS) is 12.7. The summed E-state index contributed by atoms with van der Waals surface area (Å²) >= 11 is 0. The Morgan fingerprint density at radius 2 is 1.55 bits per heavy atom. The highest BCUT2D eigenvalue weighted by Crippen LogP contribution is 2.37. The van der Waals surface area contributed by atoms with E-state index in [1.807, 2.05) is 42.5 Å². The third-order valence-corrected chi connectivity index (χ3v) is 6.34. The summed E-state index contributed by atoms with van der Waals surface area (Å²) in [6.45, 7) is 1.37. The Balaban J connectivity index is 1.72. The fourth-order valence-corrected chi connectivity index (χ4v) is 4.47. The van der Waals surface area contributed by atoms with E-state index in [4.69, 9.17) is 14.9 Å². The zero-order valence-electron chi connectivity index (χ0n) is 21.6. The molecule has 0 radical (unpaired) electrons. The maximum absolute atomic E-state index is 13.2. The third-order valence-electron chi connectivity index (χ3n) is 5.89. The lowest BCUT2D eigenvalue weighted by atomic mass is 10.0. The van der Waals surface area contributed by atoms with Crippen molar-refractivity contribution in [1.29, 1.82) is 0 Å². The Labute approximate surface area is 230 Å². The van der Waals surface area contributed by atoms with E-state index in [-0.39, 0.29) is 31.6 Å². The molecule has 0 bridgehead atoms. The van der Waals surface area contributed by atoms with Gasteiger partial charge in [0.15, 0.2) is 0 Å². The van der Waals surface area contributed by atoms with Gasteiger partial charge in [0.1, 0.15) is 17.8 Å². The Morgan fingerprint density at radius 1 is 0.875 bits per heavy atom. The van der Waals surface area contributed by atoms with Crippen molar-refractivity contribution < 1.29 is 43.2 Å². The molecule has 3 rings (SSSR count). The number of carbonyl (C=O) groups excluding carboxylic acids is 3. The molecular weight excluding hydrogens is 541 g/mol. The topological polar surface area (TPSA) is 191 Å². The van der Waals surface area contributed by atoms with Crippen molar-refractivity contribution in [2.75, 3.05) is 0 Å². The van der Waals surface area contributed by atoms with Gasteiger partial charge in [-0.25, -0.2) is 4.57 Å². The van der Waals surface area contributed by atoms with Crippen LogP contribution in [0.25, 0.3) is 10.8 Å². The standard InChI is InChI=1S/C27H30N3O9P/c1-17(31)29-24(15-18-9-11-21(12-10-18)39-40(36,37)38)27(35)30-23(13-14-25(32)33)26(34)28-16-20-7-4-6-19-5-2-3-8-22(19)20/h2-12,23-24H,13-16H2,1H3,(H,28,34)(H,29,31)(H,30,35)(H,32,33)(H2,36,37,38)/t23-,24+/m0/s1. The number of fused-ring (bicyclic) bond motifs is 1. The fourth-order valence-electron chi connectivity index (χ4n) is 4.08. The predicted molar refractivity (Wildman–Crippen MR) is 145 cm³/mol. The van der Waals surface area contributed by atoms with Crippen LogP contribution >= 0.6 is 7.82 Å². The van der Waals surface area contributed by atoms with Crippen LogP contribution < -0.4 is 20.5 Å². The quantitative estimate of drug-likeness (QED) is 0.167. The number of amides is 3. The number of hydrogen-bond donors (Lipinski definition) is 6. The van der Waals surface area contributed by atoms with Gasteiger partial charge < -0.3 is 25.6 Å². The van der Waals surface area contributed by atoms with Crippen LogP contribution in [0.15, 0.2) is 66.7 Å². The molecule has 0 aliphatic carbocycles. The maximum Gasteiger partial charge on any atom is 0.524 e. The molecule has 0 fully saturated rings. The van der Waals surface area contributed by atoms with Crippen LogP contribution in [-0.2, 0) is 36.7 Å². The molecule has 2 atom stereocenters. The Kier molecular flexibility index (Phi) is 10.4. The summed E-state index contributed by atoms with van der Waals surface area (Å²) in [5.74, 6) is -3.03. The van der Waals surface area contributed by atoms with Gasteiger partial charge in [-0.3, -0.25) is 29.0 Å². The van der Waals surface area contributed by atoms with Crippen molar-refractivity contribution >= 4 is 42.3 Å². The summed E-state index contributed by atoms with van der Waals surface area (Å²) in [5.41, 5.74) is 1.37. The number of phosphoric acid groups is 1. The second-order valence-corrected chi connectivity index (χ2v) is 10.2. The summed E-state index contributed by atoms with van der Waals surface area (Å²) in [7, 11) is -4.74. The molecule has 13 heteroatoms. The highest BCUT2D eigenvalue weighted by atomic mass is 31.2. The molecular formula is C27H30N3O9P. The second kappa shape index (κ2) is 13.7. The number of carbonyl (C=O) groups is 4. The minimum atomic E-state index is -4.74. The van der Waals surface area contributed by atoms with Crippen LogP contribution in [0.3, 0.4) is 0 Å². The average Bonchev–Trinajstić information content (AvgIpc) is 2.89. The van der Waals surface area contributed by atoms with E-state index in [1.54, 1.807) is 0 Å². The van der Waals surface area contributed by atoms with Crippen molar-refractivity contribution in [3.8, 4) is 5.75 Å². The molecule has 0 aromatic heterocycles. The molecule has 0 spiro atoms. The smallest absolute Gasteiger partial charge is 0.481 e. The molecule has 0 heterocycles. The molecule has 0 saturated heterocycles. The third kappa shape index (κ3) is 9.49. The molecule has 0 saturated carbocycles. The summed E-state index contributed by atoms with van der Waals surface area (Å²) in [6.07, 6.45) is -0.576. The van der Waals surface area contributed by atoms with Gasteiger partial charge in [-0.1, -0.05) is 54.6 Å². The molecule has 3 aromatic carbocycles. The molecule has 0 unspecified atom stereocenters. The number of rotatable bonds is 13. The van der Waals surface area contributed by atoms with Crippen LogP contribution in [0, 0.1) is 0 Å². The SMILES string of the molecule is CC(=O)N[C@H](Cc1ccc(OP(=O)(O)O)cc1)C(=O)N[C@@H](CCC(=O)O)C(=O)NCc1cccc2ccccc12. The number of nitrogens with one attached hydrogen (secondary N) is 3. The largest absolute Gasteiger partial charge is 0.524 e. The lowest BCUT2D eigenvalue weighted by Crippen LogP contribution is -2.54. The lowest BCUT2D eigenvalue weighted by molar-refractivity contribution is -0.138. The van der Waals surface area contributed by atoms with E-state index in [9.17, 15) is 23.7 Å². The van der Waals surface area contributed by atoms with Gasteiger partial charge in [0.2, 0.25) is 17.7 Å². The number of aliphatic carboxylic acids is 1. The number of carboxylic acids is 1. The molecule has 12 nitrogen and oxygen atoms in total. The molecule has 6 N–H and O–H groups in total. The van der Waals surface area contributed by atoms with E-state index < -0.39 is 43.6 Å². The first-order chi connectivity index (χ1) is 18.9. The lowest BCUT2D eigenvalue weighted by Gasteiger charge is -2.23. The minimum absolute atomic E-state index is 0.0229. The number of benzene rings is 3. The summed E-state index contributed by atoms with van der Waals surface area (Å²) < 4.78 is 15.5. The number of phosphoric ester groups is 1. The molecule has 212 valence electrons. The molecule has 3 aromatic rings. The van der Waals surface area contributed by atoms with Crippen molar-refractivity contribution in [3.63, 3.8) is 0 Å². The van der Waals surface area contributed by atoms with Crippen LogP contribution in [0.1, 0.15) is 30.9 Å². The van der Waals surface area contributed by atoms with Gasteiger partial charge in [0.25, 0.3) is 0 Å². The van der Waals surface area contributed by atoms with Gasteiger partial charge in [-0.15, -0.1) is 0 Å². The number of hydrogen-bond acceptors (Lipinski definition) is 6. The molecule has 0 aliphatic heterocycles. The predicted octanol–water partition coefficient (Wildman–Crippen LogP) is 2.02. The highest BCUT2D eigenvalue weighted by molar-refractivity contribution is 7.46. The fraction of sp³-hybridized carbons (Fsp3) is 0.259. The molecule has 3 amide bonds. The Hall–Kier alpha value is -4.25. The summed E-state index contributed by atoms with van der Waals surface area (Å²) in [5, 5.41) is 18.9. The van der Waals surface area contributed by atoms with Crippen molar-refractivity contribution in [1.82, 2.24) is 16.0 Å². The van der Waals surface area contributed by atoms with Crippen LogP contribution in [0.5, 0.6) is 5.75 Å². The summed E-state index contributed by atoms with van der Waals surface area (Å²) in [6, 6.07) is 16.5. The van der Waals surface area contributed by atoms with Crippen molar-refractivity contribution in [2.45, 2.75) is 44.8 Å². The average molecular weight is 572 g/mol. The van der Waals surface area contributed by atoms with Crippen LogP contribution in [0.2, 0.25) is 0 Å². The number of carboxylic acid groups (broad SMARTS) is 1. The van der Waals surface area contributed by atoms with Gasteiger partial charge >= 0.3 is 13.8 Å². The van der Waals surface area contributed by atoms with Gasteiger partial charge in [-0.05, 0) is 40.5 Å². The Morgan fingerprint density at radius 3 is 2.20 bits per heavy atom. The first-order valence-corrected chi connectivity index (χ1v) is 13.8. The highest BCUT2D eigenvalue weighted by Gasteiger charge is 2.27. The minimum Gasteiger partial charge on any atom is -0.481 e. The van der Waals surface area contributed by atoms with Crippen LogP contribution in [0.4, 0.5) is 0 Å². The van der Waals surface area contributed by atoms with E-state index in [0.717, 1.165) is 16.3 Å². The van der Waals surface area contributed by atoms with Gasteiger partial charge in [0, 0.05) is 26.3 Å². The Bertz CT molecular complexity index is 1420. The summed E-state index contributed by atoms with van der Waals surface area (Å²) in [4.78, 5) is 67.1. The van der Waals surface area contributed by atoms with E-state index in [1.165, 1.54) is 31.2 Å². The van der Waals surface area contributed by atoms with Crippen molar-refractivity contribution in [3.05, 3.63) is 77.9 Å². The van der Waals surface area contributed by atoms with E-state index in [0.29, 0.717) is 5.56 Å². The van der Waals surface area contributed by atoms with E-state index in [2.05, 4.69) is 20.5 Å².